The number of allylic oxidation sites excluding steroid dienone is 3. The Hall–Kier alpha value is -0.200. The molecule has 1 heterocycles. The van der Waals surface area contributed by atoms with Crippen molar-refractivity contribution in [3.8, 4) is 0 Å². The van der Waals surface area contributed by atoms with Gasteiger partial charge in [-0.15, -0.1) is 0 Å². The summed E-state index contributed by atoms with van der Waals surface area (Å²) < 4.78 is 23.4. The molecular weight excluding hydrogens is 396 g/mol. The highest BCUT2D eigenvalue weighted by Crippen LogP contribution is 2.72. The molecule has 22 heavy (non-hydrogen) atoms. The first kappa shape index (κ1) is 18.1. The average molecular weight is 414 g/mol. The van der Waals surface area contributed by atoms with Gasteiger partial charge >= 0.3 is 15.2 Å². The van der Waals surface area contributed by atoms with Crippen LogP contribution in [-0.4, -0.2) is 36.3 Å². The van der Waals surface area contributed by atoms with Crippen molar-refractivity contribution in [2.24, 2.45) is 0 Å². The summed E-state index contributed by atoms with van der Waals surface area (Å²) in [6.07, 6.45) is 6.52. The molecule has 2 rings (SSSR count). The molecule has 0 aromatic carbocycles. The van der Waals surface area contributed by atoms with Crippen LogP contribution in [0.2, 0.25) is 0 Å². The first-order chi connectivity index (χ1) is 10.1. The van der Waals surface area contributed by atoms with Crippen molar-refractivity contribution in [3.63, 3.8) is 0 Å². The third kappa shape index (κ3) is 3.34. The Morgan fingerprint density at radius 3 is 2.32 bits per heavy atom. The van der Waals surface area contributed by atoms with Gasteiger partial charge in [0.25, 0.3) is 0 Å². The maximum atomic E-state index is 11.7. The first-order valence-corrected chi connectivity index (χ1v) is 11.0. The molecule has 10 heteroatoms. The zero-order valence-electron chi connectivity index (χ0n) is 11.6. The van der Waals surface area contributed by atoms with E-state index in [1.54, 1.807) is 6.08 Å². The van der Waals surface area contributed by atoms with Gasteiger partial charge in [0, 0.05) is 17.6 Å². The summed E-state index contributed by atoms with van der Waals surface area (Å²) in [4.78, 5) is 35.3. The molecule has 0 aromatic rings. The molecule has 0 amide bonds. The van der Waals surface area contributed by atoms with Crippen LogP contribution in [0, 0.1) is 0 Å². The van der Waals surface area contributed by atoms with E-state index in [1.807, 2.05) is 0 Å². The van der Waals surface area contributed by atoms with E-state index in [4.69, 9.17) is 0 Å². The van der Waals surface area contributed by atoms with Crippen LogP contribution in [-0.2, 0) is 9.13 Å². The van der Waals surface area contributed by atoms with E-state index in [9.17, 15) is 28.7 Å². The van der Waals surface area contributed by atoms with Crippen LogP contribution < -0.4 is 5.32 Å². The third-order valence-electron chi connectivity index (χ3n) is 3.72. The molecule has 0 bridgehead atoms. The molecule has 5 N–H and O–H groups in total. The molecule has 0 aromatic heterocycles. The number of rotatable bonds is 6. The molecule has 2 aliphatic rings. The minimum absolute atomic E-state index is 0.357. The molecule has 0 atom stereocenters. The SMILES string of the molecule is O=P(O)(O)C1(P(=O)(O)O)C=C2C=C(CCCCBr)CNC2=C1. The first-order valence-electron chi connectivity index (χ1n) is 6.67. The van der Waals surface area contributed by atoms with Crippen molar-refractivity contribution >= 4 is 31.1 Å². The standard InChI is InChI=1S/C12H18BrNO6P2/c13-4-2-1-3-9-5-10-6-12(21(15,16)17,22(18,19)20)7-11(10)14-8-9/h5-7,14H,1-4,8H2,(H2,15,16,17)(H2,18,19,20). The number of nitrogens with one attached hydrogen (secondary N) is 1. The monoisotopic (exact) mass is 413 g/mol. The summed E-state index contributed by atoms with van der Waals surface area (Å²) in [7, 11) is -10.2. The summed E-state index contributed by atoms with van der Waals surface area (Å²) >= 11 is 3.35. The Labute approximate surface area is 136 Å². The van der Waals surface area contributed by atoms with Crippen molar-refractivity contribution in [2.45, 2.75) is 24.2 Å². The van der Waals surface area contributed by atoms with Crippen molar-refractivity contribution in [3.05, 3.63) is 35.1 Å². The predicted molar refractivity (Wildman–Crippen MR) is 86.7 cm³/mol. The fourth-order valence-corrected chi connectivity index (χ4v) is 5.47. The van der Waals surface area contributed by atoms with E-state index >= 15 is 0 Å². The summed E-state index contributed by atoms with van der Waals surface area (Å²) in [5, 5.41) is 3.89. The van der Waals surface area contributed by atoms with Crippen LogP contribution in [0.5, 0.6) is 0 Å². The smallest absolute Gasteiger partial charge is 0.351 e. The van der Waals surface area contributed by atoms with Crippen molar-refractivity contribution in [1.82, 2.24) is 5.32 Å². The van der Waals surface area contributed by atoms with Gasteiger partial charge in [-0.1, -0.05) is 27.6 Å². The molecule has 0 spiro atoms. The van der Waals surface area contributed by atoms with Gasteiger partial charge in [-0.3, -0.25) is 9.13 Å². The number of halogens is 1. The van der Waals surface area contributed by atoms with Crippen molar-refractivity contribution in [1.29, 1.82) is 0 Å². The van der Waals surface area contributed by atoms with Gasteiger partial charge in [-0.05, 0) is 37.0 Å². The molecule has 0 saturated heterocycles. The van der Waals surface area contributed by atoms with Crippen LogP contribution in [0.4, 0.5) is 0 Å². The minimum atomic E-state index is -5.08. The highest BCUT2D eigenvalue weighted by atomic mass is 79.9. The van der Waals surface area contributed by atoms with Crippen LogP contribution in [0.3, 0.4) is 0 Å². The molecule has 1 aliphatic carbocycles. The number of unbranched alkanes of at least 4 members (excludes halogenated alkanes) is 1. The summed E-state index contributed by atoms with van der Waals surface area (Å²) in [5.41, 5.74) is 1.82. The average Bonchev–Trinajstić information content (AvgIpc) is 2.78. The molecule has 0 fully saturated rings. The highest BCUT2D eigenvalue weighted by Gasteiger charge is 2.59. The van der Waals surface area contributed by atoms with Gasteiger partial charge in [0.15, 0.2) is 0 Å². The van der Waals surface area contributed by atoms with Gasteiger partial charge in [-0.2, -0.15) is 0 Å². The quantitative estimate of drug-likeness (QED) is 0.256. The number of fused-ring (bicyclic) bond motifs is 1. The van der Waals surface area contributed by atoms with Gasteiger partial charge < -0.3 is 24.9 Å². The number of hydrogen-bond acceptors (Lipinski definition) is 3. The molecule has 7 nitrogen and oxygen atoms in total. The lowest BCUT2D eigenvalue weighted by atomic mass is 10.0. The Balaban J connectivity index is 2.37. The fraction of sp³-hybridized carbons (Fsp3) is 0.500. The van der Waals surface area contributed by atoms with E-state index in [0.29, 0.717) is 17.8 Å². The Kier molecular flexibility index (Phi) is 5.25. The van der Waals surface area contributed by atoms with E-state index in [-0.39, 0.29) is 0 Å². The highest BCUT2D eigenvalue weighted by molar-refractivity contribution is 9.09. The van der Waals surface area contributed by atoms with Gasteiger partial charge in [-0.25, -0.2) is 0 Å². The van der Waals surface area contributed by atoms with Gasteiger partial charge in [0.1, 0.15) is 0 Å². The van der Waals surface area contributed by atoms with Crippen LogP contribution in [0.25, 0.3) is 0 Å². The Bertz CT molecular complexity index is 622. The molecule has 0 unspecified atom stereocenters. The largest absolute Gasteiger partial charge is 0.381 e. The van der Waals surface area contributed by atoms with Crippen molar-refractivity contribution in [2.75, 3.05) is 11.9 Å². The summed E-state index contributed by atoms with van der Waals surface area (Å²) in [6, 6.07) is 0. The van der Waals surface area contributed by atoms with Gasteiger partial charge in [0.05, 0.1) is 0 Å². The van der Waals surface area contributed by atoms with E-state index in [0.717, 1.165) is 42.3 Å². The lowest BCUT2D eigenvalue weighted by Crippen LogP contribution is -2.23. The summed E-state index contributed by atoms with van der Waals surface area (Å²) in [6.45, 7) is 0.504. The maximum Gasteiger partial charge on any atom is 0.351 e. The number of hydrogen-bond donors (Lipinski definition) is 5. The Morgan fingerprint density at radius 1 is 1.14 bits per heavy atom. The zero-order valence-corrected chi connectivity index (χ0v) is 15.0. The predicted octanol–water partition coefficient (Wildman–Crippen LogP) is 1.96. The lowest BCUT2D eigenvalue weighted by molar-refractivity contribution is 0.333. The number of alkyl halides is 1. The fourth-order valence-electron chi connectivity index (χ4n) is 2.51. The minimum Gasteiger partial charge on any atom is -0.381 e. The second-order valence-electron chi connectivity index (χ2n) is 5.33. The van der Waals surface area contributed by atoms with Crippen LogP contribution >= 0.6 is 31.1 Å². The van der Waals surface area contributed by atoms with E-state index in [1.165, 1.54) is 0 Å². The van der Waals surface area contributed by atoms with Gasteiger partial charge in [0.2, 0.25) is 4.90 Å². The second-order valence-corrected chi connectivity index (χ2v) is 10.1. The summed E-state index contributed by atoms with van der Waals surface area (Å²) in [5.74, 6) is 0. The maximum absolute atomic E-state index is 11.7. The zero-order chi connectivity index (χ0) is 16.6. The van der Waals surface area contributed by atoms with Crippen LogP contribution in [0.15, 0.2) is 35.1 Å². The van der Waals surface area contributed by atoms with Crippen LogP contribution in [0.1, 0.15) is 19.3 Å². The Morgan fingerprint density at radius 2 is 1.77 bits per heavy atom. The van der Waals surface area contributed by atoms with E-state index < -0.39 is 20.1 Å². The normalized spacial score (nSPS) is 20.7. The van der Waals surface area contributed by atoms with E-state index in [2.05, 4.69) is 21.2 Å². The molecular formula is C12H18BrNO6P2. The molecule has 0 radical (unpaired) electrons. The molecule has 0 saturated carbocycles. The second kappa shape index (κ2) is 6.36. The van der Waals surface area contributed by atoms with Crippen molar-refractivity contribution < 1.29 is 28.7 Å². The lowest BCUT2D eigenvalue weighted by Gasteiger charge is -2.26. The molecule has 124 valence electrons. The molecule has 1 aliphatic heterocycles. The third-order valence-corrected chi connectivity index (χ3v) is 8.22. The topological polar surface area (TPSA) is 127 Å².